The van der Waals surface area contributed by atoms with E-state index in [1.54, 1.807) is 28.0 Å². The molecule has 20 heavy (non-hydrogen) atoms. The van der Waals surface area contributed by atoms with Crippen LogP contribution < -0.4 is 4.74 Å². The van der Waals surface area contributed by atoms with Crippen LogP contribution in [0.25, 0.3) is 0 Å². The molecule has 7 nitrogen and oxygen atoms in total. The van der Waals surface area contributed by atoms with Crippen LogP contribution in [0.3, 0.4) is 0 Å². The summed E-state index contributed by atoms with van der Waals surface area (Å²) in [6.45, 7) is 1.40. The second kappa shape index (κ2) is 5.87. The van der Waals surface area contributed by atoms with Gasteiger partial charge in [-0.2, -0.15) is 5.10 Å². The first-order valence-electron chi connectivity index (χ1n) is 6.30. The van der Waals surface area contributed by atoms with Crippen molar-refractivity contribution in [2.24, 2.45) is 7.05 Å². The van der Waals surface area contributed by atoms with Crippen molar-refractivity contribution in [2.75, 3.05) is 27.7 Å². The number of rotatable bonds is 6. The Kier molecular flexibility index (Phi) is 4.19. The average molecular weight is 277 g/mol. The minimum atomic E-state index is -0.182. The van der Waals surface area contributed by atoms with Gasteiger partial charge in [-0.25, -0.2) is 4.98 Å². The smallest absolute Gasteiger partial charge is 0.234 e. The Morgan fingerprint density at radius 2 is 2.20 bits per heavy atom. The van der Waals surface area contributed by atoms with Crippen molar-refractivity contribution in [3.05, 3.63) is 30.1 Å². The van der Waals surface area contributed by atoms with Crippen LogP contribution in [0.2, 0.25) is 0 Å². The van der Waals surface area contributed by atoms with Crippen molar-refractivity contribution in [2.45, 2.75) is 6.54 Å². The maximum Gasteiger partial charge on any atom is 0.234 e. The van der Waals surface area contributed by atoms with Gasteiger partial charge in [-0.05, 0) is 14.1 Å². The molecule has 7 heteroatoms. The lowest BCUT2D eigenvalue weighted by molar-refractivity contribution is 0.102. The van der Waals surface area contributed by atoms with Crippen molar-refractivity contribution in [3.8, 4) is 5.75 Å². The van der Waals surface area contributed by atoms with E-state index in [-0.39, 0.29) is 5.78 Å². The van der Waals surface area contributed by atoms with Gasteiger partial charge in [-0.1, -0.05) is 0 Å². The van der Waals surface area contributed by atoms with Gasteiger partial charge in [0.05, 0.1) is 26.2 Å². The normalized spacial score (nSPS) is 11.1. The molecule has 0 radical (unpaired) electrons. The molecular weight excluding hydrogens is 258 g/mol. The van der Waals surface area contributed by atoms with Gasteiger partial charge in [0, 0.05) is 19.8 Å². The lowest BCUT2D eigenvalue weighted by Gasteiger charge is -2.11. The van der Waals surface area contributed by atoms with Gasteiger partial charge in [0.15, 0.2) is 11.4 Å². The molecule has 0 saturated carbocycles. The third-order valence-electron chi connectivity index (χ3n) is 2.94. The number of ether oxygens (including phenoxy) is 1. The highest BCUT2D eigenvalue weighted by Gasteiger charge is 2.22. The van der Waals surface area contributed by atoms with Gasteiger partial charge < -0.3 is 14.2 Å². The Balaban J connectivity index is 2.33. The Morgan fingerprint density at radius 3 is 2.75 bits per heavy atom. The fourth-order valence-electron chi connectivity index (χ4n) is 1.86. The van der Waals surface area contributed by atoms with Crippen LogP contribution in [0.1, 0.15) is 16.2 Å². The Bertz CT molecular complexity index is 600. The summed E-state index contributed by atoms with van der Waals surface area (Å²) in [5, 5.41) is 4.22. The molecule has 0 spiro atoms. The second-order valence-electron chi connectivity index (χ2n) is 4.84. The molecule has 0 aliphatic heterocycles. The Labute approximate surface area is 117 Å². The SMILES string of the molecule is COc1cnn(CCN(C)C)c1C(=O)c1cn(C)cn1. The van der Waals surface area contributed by atoms with E-state index < -0.39 is 0 Å². The molecule has 0 bridgehead atoms. The molecule has 2 rings (SSSR count). The van der Waals surface area contributed by atoms with Crippen LogP contribution in [-0.2, 0) is 13.6 Å². The summed E-state index contributed by atoms with van der Waals surface area (Å²) in [6.07, 6.45) is 4.84. The van der Waals surface area contributed by atoms with E-state index in [1.807, 2.05) is 26.0 Å². The summed E-state index contributed by atoms with van der Waals surface area (Å²) in [7, 11) is 7.30. The largest absolute Gasteiger partial charge is 0.493 e. The van der Waals surface area contributed by atoms with Crippen molar-refractivity contribution in [1.29, 1.82) is 0 Å². The van der Waals surface area contributed by atoms with Gasteiger partial charge in [0.1, 0.15) is 5.69 Å². The molecule has 0 atom stereocenters. The minimum absolute atomic E-state index is 0.182. The number of aryl methyl sites for hydroxylation is 1. The van der Waals surface area contributed by atoms with Crippen LogP contribution in [0, 0.1) is 0 Å². The van der Waals surface area contributed by atoms with Gasteiger partial charge in [-0.15, -0.1) is 0 Å². The van der Waals surface area contributed by atoms with E-state index in [0.29, 0.717) is 23.7 Å². The first kappa shape index (κ1) is 14.3. The van der Waals surface area contributed by atoms with E-state index in [2.05, 4.69) is 10.1 Å². The fourth-order valence-corrected chi connectivity index (χ4v) is 1.86. The molecule has 0 unspecified atom stereocenters. The molecular formula is C13H19N5O2. The van der Waals surface area contributed by atoms with Crippen molar-refractivity contribution in [3.63, 3.8) is 0 Å². The van der Waals surface area contributed by atoms with Crippen LogP contribution in [0.15, 0.2) is 18.7 Å². The zero-order valence-electron chi connectivity index (χ0n) is 12.2. The number of carbonyl (C=O) groups excluding carboxylic acids is 1. The number of nitrogens with zero attached hydrogens (tertiary/aromatic N) is 5. The third kappa shape index (κ3) is 2.88. The highest BCUT2D eigenvalue weighted by molar-refractivity contribution is 6.08. The lowest BCUT2D eigenvalue weighted by atomic mass is 10.2. The first-order chi connectivity index (χ1) is 9.52. The van der Waals surface area contributed by atoms with E-state index in [4.69, 9.17) is 4.74 Å². The fraction of sp³-hybridized carbons (Fsp3) is 0.462. The summed E-state index contributed by atoms with van der Waals surface area (Å²) < 4.78 is 8.63. The molecule has 0 aromatic carbocycles. The van der Waals surface area contributed by atoms with E-state index in [1.165, 1.54) is 7.11 Å². The lowest BCUT2D eigenvalue weighted by Crippen LogP contribution is -2.22. The highest BCUT2D eigenvalue weighted by atomic mass is 16.5. The number of carbonyl (C=O) groups is 1. The first-order valence-corrected chi connectivity index (χ1v) is 6.30. The second-order valence-corrected chi connectivity index (χ2v) is 4.84. The van der Waals surface area contributed by atoms with Crippen molar-refractivity contribution in [1.82, 2.24) is 24.2 Å². The van der Waals surface area contributed by atoms with Gasteiger partial charge in [0.2, 0.25) is 5.78 Å². The van der Waals surface area contributed by atoms with Gasteiger partial charge in [-0.3, -0.25) is 9.48 Å². The maximum absolute atomic E-state index is 12.5. The predicted molar refractivity (Wildman–Crippen MR) is 74.0 cm³/mol. The Hall–Kier alpha value is -2.15. The van der Waals surface area contributed by atoms with Gasteiger partial charge in [0.25, 0.3) is 0 Å². The number of likely N-dealkylation sites (N-methyl/N-ethyl adjacent to an activating group) is 1. The van der Waals surface area contributed by atoms with Crippen LogP contribution >= 0.6 is 0 Å². The third-order valence-corrected chi connectivity index (χ3v) is 2.94. The summed E-state index contributed by atoms with van der Waals surface area (Å²) in [5.41, 5.74) is 0.824. The van der Waals surface area contributed by atoms with Crippen LogP contribution in [0.4, 0.5) is 0 Å². The van der Waals surface area contributed by atoms with E-state index >= 15 is 0 Å². The summed E-state index contributed by atoms with van der Waals surface area (Å²) in [4.78, 5) is 18.7. The number of ketones is 1. The zero-order valence-corrected chi connectivity index (χ0v) is 12.2. The number of hydrogen-bond acceptors (Lipinski definition) is 5. The molecule has 2 aromatic heterocycles. The quantitative estimate of drug-likeness (QED) is 0.716. The van der Waals surface area contributed by atoms with E-state index in [0.717, 1.165) is 6.54 Å². The molecule has 108 valence electrons. The molecule has 0 saturated heterocycles. The monoisotopic (exact) mass is 277 g/mol. The topological polar surface area (TPSA) is 65.2 Å². The standard InChI is InChI=1S/C13H19N5O2/c1-16(2)5-6-18-12(11(20-4)7-15-18)13(19)10-8-17(3)9-14-10/h7-9H,5-6H2,1-4H3. The molecule has 2 aromatic rings. The molecule has 0 aliphatic rings. The molecule has 0 aliphatic carbocycles. The maximum atomic E-state index is 12.5. The van der Waals surface area contributed by atoms with Crippen molar-refractivity contribution >= 4 is 5.78 Å². The molecule has 0 amide bonds. The molecule has 0 N–H and O–H groups in total. The number of imidazole rings is 1. The highest BCUT2D eigenvalue weighted by Crippen LogP contribution is 2.20. The number of methoxy groups -OCH3 is 1. The predicted octanol–water partition coefficient (Wildman–Crippen LogP) is 0.418. The van der Waals surface area contributed by atoms with Crippen molar-refractivity contribution < 1.29 is 9.53 Å². The van der Waals surface area contributed by atoms with Gasteiger partial charge >= 0.3 is 0 Å². The number of hydrogen-bond donors (Lipinski definition) is 0. The number of aromatic nitrogens is 4. The molecule has 0 fully saturated rings. The van der Waals surface area contributed by atoms with Crippen LogP contribution in [-0.4, -0.2) is 57.8 Å². The average Bonchev–Trinajstić information content (AvgIpc) is 3.01. The summed E-state index contributed by atoms with van der Waals surface area (Å²) in [5.74, 6) is 0.290. The Morgan fingerprint density at radius 1 is 1.45 bits per heavy atom. The van der Waals surface area contributed by atoms with Crippen LogP contribution in [0.5, 0.6) is 5.75 Å². The van der Waals surface area contributed by atoms with E-state index in [9.17, 15) is 4.79 Å². The summed E-state index contributed by atoms with van der Waals surface area (Å²) in [6, 6.07) is 0. The zero-order chi connectivity index (χ0) is 14.7. The molecule has 2 heterocycles. The minimum Gasteiger partial charge on any atom is -0.493 e. The summed E-state index contributed by atoms with van der Waals surface area (Å²) >= 11 is 0.